The molecule has 5 nitrogen and oxygen atoms in total. The third-order valence-corrected chi connectivity index (χ3v) is 2.71. The van der Waals surface area contributed by atoms with Crippen LogP contribution in [0.25, 0.3) is 22.3 Å². The summed E-state index contributed by atoms with van der Waals surface area (Å²) in [6, 6.07) is 10.5. The van der Waals surface area contributed by atoms with E-state index in [1.165, 1.54) is 0 Å². The number of carboxylic acids is 1. The molecule has 0 fully saturated rings. The molecule has 0 unspecified atom stereocenters. The van der Waals surface area contributed by atoms with Gasteiger partial charge in [-0.1, -0.05) is 18.2 Å². The molecule has 0 saturated heterocycles. The number of aromatic carboxylic acids is 1. The third-order valence-electron chi connectivity index (χ3n) is 2.71. The van der Waals surface area contributed by atoms with E-state index in [1.54, 1.807) is 36.5 Å². The summed E-state index contributed by atoms with van der Waals surface area (Å²) in [5.74, 6) is -0.967. The van der Waals surface area contributed by atoms with Crippen LogP contribution in [0.3, 0.4) is 0 Å². The molecular weight excluding hydrogens is 230 g/mol. The number of carbonyl (C=O) groups is 1. The fourth-order valence-electron chi connectivity index (χ4n) is 1.89. The molecule has 0 amide bonds. The average Bonchev–Trinajstić information content (AvgIpc) is 2.91. The van der Waals surface area contributed by atoms with Crippen molar-refractivity contribution in [2.45, 2.75) is 0 Å². The minimum Gasteiger partial charge on any atom is -0.478 e. The minimum absolute atomic E-state index is 0.235. The number of para-hydroxylation sites is 1. The highest BCUT2D eigenvalue weighted by molar-refractivity contribution is 6.03. The Bertz CT molecular complexity index is 720. The van der Waals surface area contributed by atoms with Crippen molar-refractivity contribution in [3.8, 4) is 11.4 Å². The zero-order valence-corrected chi connectivity index (χ0v) is 9.29. The zero-order chi connectivity index (χ0) is 12.5. The lowest BCUT2D eigenvalue weighted by molar-refractivity contribution is 0.0699. The van der Waals surface area contributed by atoms with E-state index >= 15 is 0 Å². The lowest BCUT2D eigenvalue weighted by Gasteiger charge is -2.04. The number of hydrogen-bond acceptors (Lipinski definition) is 3. The highest BCUT2D eigenvalue weighted by Crippen LogP contribution is 2.23. The molecule has 3 aromatic rings. The Morgan fingerprint density at radius 2 is 2.00 bits per heavy atom. The Hall–Kier alpha value is -2.69. The topological polar surface area (TPSA) is 78.9 Å². The molecule has 0 spiro atoms. The minimum atomic E-state index is -0.967. The molecule has 2 N–H and O–H groups in total. The van der Waals surface area contributed by atoms with Crippen LogP contribution in [0.2, 0.25) is 0 Å². The van der Waals surface area contributed by atoms with Crippen molar-refractivity contribution in [1.29, 1.82) is 0 Å². The van der Waals surface area contributed by atoms with Gasteiger partial charge in [-0.3, -0.25) is 5.10 Å². The number of benzene rings is 1. The van der Waals surface area contributed by atoms with Gasteiger partial charge in [0.15, 0.2) is 0 Å². The van der Waals surface area contributed by atoms with Crippen LogP contribution in [0.15, 0.2) is 42.6 Å². The second-order valence-corrected chi connectivity index (χ2v) is 3.84. The maximum Gasteiger partial charge on any atom is 0.336 e. The highest BCUT2D eigenvalue weighted by atomic mass is 16.4. The summed E-state index contributed by atoms with van der Waals surface area (Å²) in [6.45, 7) is 0. The molecule has 0 radical (unpaired) electrons. The largest absolute Gasteiger partial charge is 0.478 e. The first-order valence-corrected chi connectivity index (χ1v) is 5.39. The van der Waals surface area contributed by atoms with Crippen molar-refractivity contribution in [2.75, 3.05) is 0 Å². The van der Waals surface area contributed by atoms with Gasteiger partial charge in [0.05, 0.1) is 16.8 Å². The number of hydrogen-bond donors (Lipinski definition) is 2. The van der Waals surface area contributed by atoms with E-state index in [-0.39, 0.29) is 5.56 Å². The van der Waals surface area contributed by atoms with E-state index in [0.29, 0.717) is 22.3 Å². The molecule has 0 aliphatic rings. The molecule has 3 rings (SSSR count). The van der Waals surface area contributed by atoms with E-state index in [2.05, 4.69) is 15.2 Å². The van der Waals surface area contributed by atoms with E-state index in [1.807, 2.05) is 6.07 Å². The maximum atomic E-state index is 11.3. The molecular formula is C13H9N3O2. The van der Waals surface area contributed by atoms with Crippen molar-refractivity contribution in [3.63, 3.8) is 0 Å². The number of fused-ring (bicyclic) bond motifs is 1. The van der Waals surface area contributed by atoms with E-state index in [9.17, 15) is 9.90 Å². The number of pyridine rings is 1. The molecule has 1 aromatic carbocycles. The molecule has 18 heavy (non-hydrogen) atoms. The zero-order valence-electron chi connectivity index (χ0n) is 9.29. The van der Waals surface area contributed by atoms with Gasteiger partial charge in [-0.25, -0.2) is 9.78 Å². The van der Waals surface area contributed by atoms with Crippen molar-refractivity contribution >= 4 is 16.9 Å². The van der Waals surface area contributed by atoms with Crippen LogP contribution in [0.4, 0.5) is 0 Å². The Morgan fingerprint density at radius 3 is 2.72 bits per heavy atom. The number of carboxylic acid groups (broad SMARTS) is 1. The van der Waals surface area contributed by atoms with Crippen LogP contribution in [0.5, 0.6) is 0 Å². The van der Waals surface area contributed by atoms with E-state index < -0.39 is 5.97 Å². The summed E-state index contributed by atoms with van der Waals surface area (Å²) >= 11 is 0. The molecule has 0 atom stereocenters. The van der Waals surface area contributed by atoms with Gasteiger partial charge in [-0.05, 0) is 18.2 Å². The normalized spacial score (nSPS) is 10.7. The molecule has 0 saturated carbocycles. The van der Waals surface area contributed by atoms with Gasteiger partial charge in [-0.2, -0.15) is 5.10 Å². The molecule has 0 bridgehead atoms. The monoisotopic (exact) mass is 239 g/mol. The third kappa shape index (κ3) is 1.62. The summed E-state index contributed by atoms with van der Waals surface area (Å²) in [7, 11) is 0. The van der Waals surface area contributed by atoms with E-state index in [0.717, 1.165) is 0 Å². The van der Waals surface area contributed by atoms with Gasteiger partial charge in [0.25, 0.3) is 0 Å². The molecule has 2 heterocycles. The fraction of sp³-hybridized carbons (Fsp3) is 0. The van der Waals surface area contributed by atoms with Gasteiger partial charge in [0.2, 0.25) is 0 Å². The summed E-state index contributed by atoms with van der Waals surface area (Å²) in [6.07, 6.45) is 1.67. The first-order chi connectivity index (χ1) is 8.75. The smallest absolute Gasteiger partial charge is 0.336 e. The van der Waals surface area contributed by atoms with Crippen molar-refractivity contribution < 1.29 is 9.90 Å². The molecule has 0 aliphatic carbocycles. The molecule has 5 heteroatoms. The Balaban J connectivity index is 2.33. The Labute approximate surface area is 102 Å². The summed E-state index contributed by atoms with van der Waals surface area (Å²) in [5, 5.41) is 16.6. The summed E-state index contributed by atoms with van der Waals surface area (Å²) in [5.41, 5.74) is 2.06. The van der Waals surface area contributed by atoms with Gasteiger partial charge in [-0.15, -0.1) is 0 Å². The van der Waals surface area contributed by atoms with E-state index in [4.69, 9.17) is 0 Å². The maximum absolute atomic E-state index is 11.3. The van der Waals surface area contributed by atoms with Gasteiger partial charge in [0.1, 0.15) is 5.69 Å². The van der Waals surface area contributed by atoms with Crippen molar-refractivity contribution in [2.24, 2.45) is 0 Å². The predicted octanol–water partition coefficient (Wildman–Crippen LogP) is 2.32. The Morgan fingerprint density at radius 1 is 1.17 bits per heavy atom. The number of H-pyrrole nitrogens is 1. The lowest BCUT2D eigenvalue weighted by atomic mass is 10.1. The number of nitrogens with zero attached hydrogens (tertiary/aromatic N) is 2. The number of rotatable bonds is 2. The summed E-state index contributed by atoms with van der Waals surface area (Å²) in [4.78, 5) is 15.7. The van der Waals surface area contributed by atoms with Crippen LogP contribution in [-0.4, -0.2) is 26.3 Å². The average molecular weight is 239 g/mol. The standard InChI is InChI=1S/C13H9N3O2/c17-13(18)9-7-12(11-5-6-14-16-11)15-10-4-2-1-3-8(9)10/h1-7H,(H,14,16)(H,17,18). The second-order valence-electron chi connectivity index (χ2n) is 3.84. The van der Waals surface area contributed by atoms with Crippen LogP contribution in [-0.2, 0) is 0 Å². The SMILES string of the molecule is O=C(O)c1cc(-c2cc[nH]n2)nc2ccccc12. The van der Waals surface area contributed by atoms with Crippen LogP contribution >= 0.6 is 0 Å². The molecule has 88 valence electrons. The van der Waals surface area contributed by atoms with Crippen molar-refractivity contribution in [3.05, 3.63) is 48.2 Å². The van der Waals surface area contributed by atoms with Crippen molar-refractivity contribution in [1.82, 2.24) is 15.2 Å². The lowest BCUT2D eigenvalue weighted by Crippen LogP contribution is -2.00. The van der Waals surface area contributed by atoms with Gasteiger partial charge in [0, 0.05) is 11.6 Å². The molecule has 2 aromatic heterocycles. The molecule has 0 aliphatic heterocycles. The second kappa shape index (κ2) is 3.96. The Kier molecular flexibility index (Phi) is 2.30. The quantitative estimate of drug-likeness (QED) is 0.719. The van der Waals surface area contributed by atoms with Gasteiger partial charge < -0.3 is 5.11 Å². The number of nitrogens with one attached hydrogen (secondary N) is 1. The number of aromatic amines is 1. The van der Waals surface area contributed by atoms with Gasteiger partial charge >= 0.3 is 5.97 Å². The number of aromatic nitrogens is 3. The van der Waals surface area contributed by atoms with Crippen LogP contribution in [0, 0.1) is 0 Å². The first-order valence-electron chi connectivity index (χ1n) is 5.39. The predicted molar refractivity (Wildman–Crippen MR) is 66.3 cm³/mol. The first kappa shape index (κ1) is 10.5. The summed E-state index contributed by atoms with van der Waals surface area (Å²) < 4.78 is 0. The fourth-order valence-corrected chi connectivity index (χ4v) is 1.89. The van der Waals surface area contributed by atoms with Crippen LogP contribution < -0.4 is 0 Å². The highest BCUT2D eigenvalue weighted by Gasteiger charge is 2.13. The van der Waals surface area contributed by atoms with Crippen LogP contribution in [0.1, 0.15) is 10.4 Å².